The van der Waals surface area contributed by atoms with Crippen molar-refractivity contribution < 1.29 is 4.74 Å². The molecule has 0 spiro atoms. The molecule has 2 aliphatic rings. The van der Waals surface area contributed by atoms with Gasteiger partial charge < -0.3 is 9.30 Å². The van der Waals surface area contributed by atoms with Gasteiger partial charge in [-0.25, -0.2) is 4.98 Å². The van der Waals surface area contributed by atoms with Crippen LogP contribution in [-0.4, -0.2) is 62.7 Å². The van der Waals surface area contributed by atoms with Crippen molar-refractivity contribution in [2.45, 2.75) is 31.7 Å². The van der Waals surface area contributed by atoms with E-state index in [4.69, 9.17) is 4.74 Å². The minimum absolute atomic E-state index is 0.359. The van der Waals surface area contributed by atoms with Gasteiger partial charge in [0.1, 0.15) is 0 Å². The Balaban J connectivity index is 1.44. The summed E-state index contributed by atoms with van der Waals surface area (Å²) in [4.78, 5) is 13.6. The highest BCUT2D eigenvalue weighted by atomic mass is 16.5. The van der Waals surface area contributed by atoms with Crippen LogP contribution in [0.15, 0.2) is 37.1 Å². The molecule has 4 rings (SSSR count). The van der Waals surface area contributed by atoms with Gasteiger partial charge in [0, 0.05) is 64.4 Å². The first-order valence-electron chi connectivity index (χ1n) is 8.72. The molecule has 0 radical (unpaired) electrons. The Morgan fingerprint density at radius 3 is 2.96 bits per heavy atom. The zero-order valence-electron chi connectivity index (χ0n) is 14.2. The molecule has 0 aliphatic carbocycles. The lowest BCUT2D eigenvalue weighted by molar-refractivity contribution is -0.107. The molecule has 2 aliphatic heterocycles. The number of pyridine rings is 1. The third-order valence-electron chi connectivity index (χ3n) is 5.19. The number of aryl methyl sites for hydroxylation is 1. The van der Waals surface area contributed by atoms with Crippen molar-refractivity contribution in [3.8, 4) is 0 Å². The van der Waals surface area contributed by atoms with Gasteiger partial charge in [-0.2, -0.15) is 0 Å². The fourth-order valence-electron chi connectivity index (χ4n) is 3.84. The molecular formula is C18H25N5O. The molecule has 6 heteroatoms. The fraction of sp³-hybridized carbons (Fsp3) is 0.556. The lowest BCUT2D eigenvalue weighted by Crippen LogP contribution is -2.59. The zero-order chi connectivity index (χ0) is 16.4. The minimum Gasteiger partial charge on any atom is -0.375 e. The number of hydrogen-bond acceptors (Lipinski definition) is 5. The van der Waals surface area contributed by atoms with Crippen molar-refractivity contribution in [2.24, 2.45) is 7.05 Å². The van der Waals surface area contributed by atoms with E-state index in [0.717, 1.165) is 45.8 Å². The first-order chi connectivity index (χ1) is 11.8. The van der Waals surface area contributed by atoms with Gasteiger partial charge in [-0.15, -0.1) is 0 Å². The average Bonchev–Trinajstić information content (AvgIpc) is 3.01. The molecule has 0 saturated carbocycles. The van der Waals surface area contributed by atoms with Gasteiger partial charge in [0.25, 0.3) is 0 Å². The Bertz CT molecular complexity index is 658. The summed E-state index contributed by atoms with van der Waals surface area (Å²) in [7, 11) is 2.06. The summed E-state index contributed by atoms with van der Waals surface area (Å²) < 4.78 is 8.16. The number of morpholine rings is 1. The van der Waals surface area contributed by atoms with Crippen LogP contribution in [0.4, 0.5) is 0 Å². The summed E-state index contributed by atoms with van der Waals surface area (Å²) in [6, 6.07) is 4.64. The summed E-state index contributed by atoms with van der Waals surface area (Å²) in [6.45, 7) is 5.89. The van der Waals surface area contributed by atoms with Crippen LogP contribution in [0.5, 0.6) is 0 Å². The SMILES string of the molecule is Cn1cncc1CN1CC[C@H]2OCCN(Cc3cccnc3)[C@@H]2C1. The van der Waals surface area contributed by atoms with Crippen LogP contribution in [-0.2, 0) is 24.9 Å². The number of piperidine rings is 1. The lowest BCUT2D eigenvalue weighted by atomic mass is 9.98. The highest BCUT2D eigenvalue weighted by Gasteiger charge is 2.37. The summed E-state index contributed by atoms with van der Waals surface area (Å²) in [6.07, 6.45) is 9.12. The number of fused-ring (bicyclic) bond motifs is 1. The number of rotatable bonds is 4. The van der Waals surface area contributed by atoms with Gasteiger partial charge in [-0.3, -0.25) is 14.8 Å². The number of hydrogen-bond donors (Lipinski definition) is 0. The second-order valence-electron chi connectivity index (χ2n) is 6.83. The fourth-order valence-corrected chi connectivity index (χ4v) is 3.84. The highest BCUT2D eigenvalue weighted by Crippen LogP contribution is 2.25. The van der Waals surface area contributed by atoms with Crippen LogP contribution in [0.2, 0.25) is 0 Å². The van der Waals surface area contributed by atoms with Crippen molar-refractivity contribution in [3.05, 3.63) is 48.3 Å². The summed E-state index contributed by atoms with van der Waals surface area (Å²) in [5.74, 6) is 0. The van der Waals surface area contributed by atoms with Crippen LogP contribution in [0, 0.1) is 0 Å². The normalized spacial score (nSPS) is 25.5. The van der Waals surface area contributed by atoms with E-state index in [2.05, 4.69) is 37.4 Å². The third-order valence-corrected chi connectivity index (χ3v) is 5.19. The van der Waals surface area contributed by atoms with Crippen LogP contribution in [0.1, 0.15) is 17.7 Å². The van der Waals surface area contributed by atoms with Gasteiger partial charge in [0.15, 0.2) is 0 Å². The molecule has 2 atom stereocenters. The van der Waals surface area contributed by atoms with E-state index in [1.807, 2.05) is 31.0 Å². The van der Waals surface area contributed by atoms with Gasteiger partial charge in [-0.05, 0) is 18.1 Å². The second kappa shape index (κ2) is 7.01. The standard InChI is InChI=1S/C18H25N5O/c1-21-14-20-10-16(21)12-22-6-4-18-17(13-22)23(7-8-24-18)11-15-3-2-5-19-9-15/h2-3,5,9-10,14,17-18H,4,6-8,11-13H2,1H3/t17-,18-/m1/s1. The van der Waals surface area contributed by atoms with Crippen molar-refractivity contribution in [1.82, 2.24) is 24.3 Å². The maximum absolute atomic E-state index is 6.06. The predicted octanol–water partition coefficient (Wildman–Crippen LogP) is 1.29. The van der Waals surface area contributed by atoms with E-state index in [-0.39, 0.29) is 0 Å². The maximum Gasteiger partial charge on any atom is 0.0945 e. The van der Waals surface area contributed by atoms with E-state index >= 15 is 0 Å². The van der Waals surface area contributed by atoms with Crippen LogP contribution >= 0.6 is 0 Å². The van der Waals surface area contributed by atoms with Crippen molar-refractivity contribution in [2.75, 3.05) is 26.2 Å². The van der Waals surface area contributed by atoms with Crippen molar-refractivity contribution >= 4 is 0 Å². The van der Waals surface area contributed by atoms with Gasteiger partial charge >= 0.3 is 0 Å². The largest absolute Gasteiger partial charge is 0.375 e. The Hall–Kier alpha value is -1.76. The molecule has 24 heavy (non-hydrogen) atoms. The molecule has 0 aromatic carbocycles. The average molecular weight is 327 g/mol. The monoisotopic (exact) mass is 327 g/mol. The molecular weight excluding hydrogens is 302 g/mol. The van der Waals surface area contributed by atoms with E-state index in [0.29, 0.717) is 12.1 Å². The van der Waals surface area contributed by atoms with E-state index in [9.17, 15) is 0 Å². The Morgan fingerprint density at radius 2 is 2.17 bits per heavy atom. The molecule has 2 fully saturated rings. The van der Waals surface area contributed by atoms with Gasteiger partial charge in [0.2, 0.25) is 0 Å². The first kappa shape index (κ1) is 15.7. The minimum atomic E-state index is 0.359. The number of imidazole rings is 1. The lowest BCUT2D eigenvalue weighted by Gasteiger charge is -2.47. The molecule has 4 heterocycles. The summed E-state index contributed by atoms with van der Waals surface area (Å²) in [5.41, 5.74) is 2.55. The summed E-state index contributed by atoms with van der Waals surface area (Å²) >= 11 is 0. The molecule has 0 N–H and O–H groups in total. The second-order valence-corrected chi connectivity index (χ2v) is 6.83. The summed E-state index contributed by atoms with van der Waals surface area (Å²) in [5, 5.41) is 0. The smallest absolute Gasteiger partial charge is 0.0945 e. The van der Waals surface area contributed by atoms with Crippen LogP contribution < -0.4 is 0 Å². The molecule has 128 valence electrons. The predicted molar refractivity (Wildman–Crippen MR) is 91.3 cm³/mol. The zero-order valence-corrected chi connectivity index (χ0v) is 14.2. The topological polar surface area (TPSA) is 46.4 Å². The van der Waals surface area contributed by atoms with Gasteiger partial charge in [-0.1, -0.05) is 6.07 Å². The first-order valence-corrected chi connectivity index (χ1v) is 8.72. The molecule has 2 saturated heterocycles. The molecule has 0 unspecified atom stereocenters. The molecule has 0 bridgehead atoms. The number of aromatic nitrogens is 3. The highest BCUT2D eigenvalue weighted by molar-refractivity contribution is 5.09. The van der Waals surface area contributed by atoms with E-state index in [1.54, 1.807) is 0 Å². The number of likely N-dealkylation sites (tertiary alicyclic amines) is 1. The maximum atomic E-state index is 6.06. The quantitative estimate of drug-likeness (QED) is 0.847. The van der Waals surface area contributed by atoms with Crippen molar-refractivity contribution in [1.29, 1.82) is 0 Å². The van der Waals surface area contributed by atoms with E-state index in [1.165, 1.54) is 11.3 Å². The Morgan fingerprint density at radius 1 is 1.21 bits per heavy atom. The Labute approximate surface area is 143 Å². The molecule has 6 nitrogen and oxygen atoms in total. The Kier molecular flexibility index (Phi) is 4.60. The molecule has 2 aromatic rings. The van der Waals surface area contributed by atoms with Crippen molar-refractivity contribution in [3.63, 3.8) is 0 Å². The van der Waals surface area contributed by atoms with Crippen LogP contribution in [0.25, 0.3) is 0 Å². The van der Waals surface area contributed by atoms with Gasteiger partial charge in [0.05, 0.1) is 24.7 Å². The number of ether oxygens (including phenoxy) is 1. The third kappa shape index (κ3) is 3.36. The van der Waals surface area contributed by atoms with Crippen LogP contribution in [0.3, 0.4) is 0 Å². The van der Waals surface area contributed by atoms with E-state index < -0.39 is 0 Å². The molecule has 2 aromatic heterocycles. The molecule has 0 amide bonds. The number of nitrogens with zero attached hydrogens (tertiary/aromatic N) is 5.